The summed E-state index contributed by atoms with van der Waals surface area (Å²) in [4.78, 5) is 12.5. The molecule has 2 aromatic carbocycles. The van der Waals surface area contributed by atoms with Crippen molar-refractivity contribution in [2.45, 2.75) is 26.3 Å². The van der Waals surface area contributed by atoms with Gasteiger partial charge in [-0.25, -0.2) is 9.07 Å². The predicted molar refractivity (Wildman–Crippen MR) is 108 cm³/mol. The van der Waals surface area contributed by atoms with Crippen LogP contribution < -0.4 is 14.8 Å². The standard InChI is InChI=1S/C22H24FN3O3/c1-14(19-13-24-26(15(19)2)18-8-6-17(23)7-9-18)25-22(27)12-16-5-10-20(28-3)21(11-16)29-4/h5-11,13-14H,12H2,1-4H3,(H,25,27). The van der Waals surface area contributed by atoms with Crippen molar-refractivity contribution in [3.05, 3.63) is 71.3 Å². The first-order valence-corrected chi connectivity index (χ1v) is 9.23. The number of hydrogen-bond donors (Lipinski definition) is 1. The van der Waals surface area contributed by atoms with Crippen LogP contribution in [0.15, 0.2) is 48.7 Å². The summed E-state index contributed by atoms with van der Waals surface area (Å²) < 4.78 is 25.4. The minimum Gasteiger partial charge on any atom is -0.493 e. The minimum absolute atomic E-state index is 0.112. The van der Waals surface area contributed by atoms with E-state index in [1.54, 1.807) is 49.4 Å². The molecule has 7 heteroatoms. The Morgan fingerprint density at radius 2 is 1.83 bits per heavy atom. The Balaban J connectivity index is 1.69. The molecule has 0 saturated heterocycles. The number of benzene rings is 2. The molecule has 0 fully saturated rings. The van der Waals surface area contributed by atoms with E-state index in [1.807, 2.05) is 19.9 Å². The Kier molecular flexibility index (Phi) is 6.16. The van der Waals surface area contributed by atoms with Gasteiger partial charge in [-0.3, -0.25) is 4.79 Å². The molecule has 0 aliphatic heterocycles. The van der Waals surface area contributed by atoms with Gasteiger partial charge in [0.25, 0.3) is 0 Å². The molecular formula is C22H24FN3O3. The highest BCUT2D eigenvalue weighted by molar-refractivity contribution is 5.79. The zero-order valence-electron chi connectivity index (χ0n) is 16.9. The second-order valence-corrected chi connectivity index (χ2v) is 6.73. The molecule has 0 spiro atoms. The third-order valence-electron chi connectivity index (χ3n) is 4.78. The van der Waals surface area contributed by atoms with Gasteiger partial charge in [-0.2, -0.15) is 5.10 Å². The number of carbonyl (C=O) groups is 1. The second-order valence-electron chi connectivity index (χ2n) is 6.73. The molecule has 6 nitrogen and oxygen atoms in total. The lowest BCUT2D eigenvalue weighted by atomic mass is 10.1. The number of nitrogens with zero attached hydrogens (tertiary/aromatic N) is 2. The monoisotopic (exact) mass is 397 g/mol. The molecule has 0 saturated carbocycles. The SMILES string of the molecule is COc1ccc(CC(=O)NC(C)c2cnn(-c3ccc(F)cc3)c2C)cc1OC. The number of halogens is 1. The van der Waals surface area contributed by atoms with Crippen molar-refractivity contribution in [3.63, 3.8) is 0 Å². The van der Waals surface area contributed by atoms with Gasteiger partial charge in [-0.1, -0.05) is 6.07 Å². The quantitative estimate of drug-likeness (QED) is 0.659. The lowest BCUT2D eigenvalue weighted by molar-refractivity contribution is -0.121. The van der Waals surface area contributed by atoms with Gasteiger partial charge in [0.05, 0.1) is 38.6 Å². The molecule has 1 unspecified atom stereocenters. The fourth-order valence-electron chi connectivity index (χ4n) is 3.24. The maximum Gasteiger partial charge on any atom is 0.224 e. The number of carbonyl (C=O) groups excluding carboxylic acids is 1. The van der Waals surface area contributed by atoms with E-state index in [1.165, 1.54) is 12.1 Å². The Morgan fingerprint density at radius 3 is 2.48 bits per heavy atom. The average Bonchev–Trinajstić information content (AvgIpc) is 3.09. The number of nitrogens with one attached hydrogen (secondary N) is 1. The number of aromatic nitrogens is 2. The van der Waals surface area contributed by atoms with E-state index in [-0.39, 0.29) is 24.2 Å². The lowest BCUT2D eigenvalue weighted by Crippen LogP contribution is -2.28. The van der Waals surface area contributed by atoms with Gasteiger partial charge in [0.1, 0.15) is 5.82 Å². The van der Waals surface area contributed by atoms with E-state index in [4.69, 9.17) is 9.47 Å². The highest BCUT2D eigenvalue weighted by atomic mass is 19.1. The Hall–Kier alpha value is -3.35. The normalized spacial score (nSPS) is 11.8. The van der Waals surface area contributed by atoms with Crippen LogP contribution in [-0.2, 0) is 11.2 Å². The van der Waals surface area contributed by atoms with Crippen molar-refractivity contribution in [1.29, 1.82) is 0 Å². The summed E-state index contributed by atoms with van der Waals surface area (Å²) in [6.45, 7) is 3.83. The zero-order chi connectivity index (χ0) is 21.0. The number of hydrogen-bond acceptors (Lipinski definition) is 4. The first-order chi connectivity index (χ1) is 13.9. The van der Waals surface area contributed by atoms with E-state index >= 15 is 0 Å². The molecule has 1 atom stereocenters. The van der Waals surface area contributed by atoms with Gasteiger partial charge in [-0.05, 0) is 55.8 Å². The van der Waals surface area contributed by atoms with E-state index in [9.17, 15) is 9.18 Å². The zero-order valence-corrected chi connectivity index (χ0v) is 16.9. The summed E-state index contributed by atoms with van der Waals surface area (Å²) in [6.07, 6.45) is 1.94. The van der Waals surface area contributed by atoms with Gasteiger partial charge >= 0.3 is 0 Å². The summed E-state index contributed by atoms with van der Waals surface area (Å²) in [6, 6.07) is 11.3. The van der Waals surface area contributed by atoms with Crippen LogP contribution in [0.5, 0.6) is 11.5 Å². The van der Waals surface area contributed by atoms with Crippen molar-refractivity contribution < 1.29 is 18.7 Å². The average molecular weight is 397 g/mol. The molecular weight excluding hydrogens is 373 g/mol. The van der Waals surface area contributed by atoms with Crippen LogP contribution in [0.25, 0.3) is 5.69 Å². The van der Waals surface area contributed by atoms with Crippen LogP contribution in [0, 0.1) is 12.7 Å². The molecule has 3 aromatic rings. The van der Waals surface area contributed by atoms with Crippen LogP contribution >= 0.6 is 0 Å². The topological polar surface area (TPSA) is 65.4 Å². The number of amides is 1. The van der Waals surface area contributed by atoms with Crippen LogP contribution in [0.3, 0.4) is 0 Å². The molecule has 29 heavy (non-hydrogen) atoms. The fraction of sp³-hybridized carbons (Fsp3) is 0.273. The molecule has 0 aliphatic carbocycles. The number of ether oxygens (including phenoxy) is 2. The molecule has 1 N–H and O–H groups in total. The van der Waals surface area contributed by atoms with Crippen LogP contribution in [0.2, 0.25) is 0 Å². The predicted octanol–water partition coefficient (Wildman–Crippen LogP) is 3.76. The van der Waals surface area contributed by atoms with Gasteiger partial charge in [0.2, 0.25) is 5.91 Å². The third-order valence-corrected chi connectivity index (χ3v) is 4.78. The first kappa shape index (κ1) is 20.4. The van der Waals surface area contributed by atoms with Crippen LogP contribution in [0.1, 0.15) is 29.8 Å². The van der Waals surface area contributed by atoms with Crippen molar-refractivity contribution in [2.75, 3.05) is 14.2 Å². The van der Waals surface area contributed by atoms with Gasteiger partial charge < -0.3 is 14.8 Å². The number of rotatable bonds is 7. The fourth-order valence-corrected chi connectivity index (χ4v) is 3.24. The van der Waals surface area contributed by atoms with Crippen molar-refractivity contribution in [3.8, 4) is 17.2 Å². The van der Waals surface area contributed by atoms with E-state index in [0.717, 1.165) is 22.5 Å². The van der Waals surface area contributed by atoms with Crippen LogP contribution in [-0.4, -0.2) is 29.9 Å². The number of methoxy groups -OCH3 is 2. The summed E-state index contributed by atoms with van der Waals surface area (Å²) in [7, 11) is 3.13. The molecule has 1 amide bonds. The lowest BCUT2D eigenvalue weighted by Gasteiger charge is -2.15. The molecule has 3 rings (SSSR count). The maximum atomic E-state index is 13.2. The molecule has 1 aromatic heterocycles. The second kappa shape index (κ2) is 8.77. The summed E-state index contributed by atoms with van der Waals surface area (Å²) in [5.74, 6) is 0.796. The minimum atomic E-state index is -0.297. The van der Waals surface area contributed by atoms with Crippen molar-refractivity contribution in [2.24, 2.45) is 0 Å². The maximum absolute atomic E-state index is 13.2. The largest absolute Gasteiger partial charge is 0.493 e. The Bertz CT molecular complexity index is 999. The highest BCUT2D eigenvalue weighted by Crippen LogP contribution is 2.28. The molecule has 0 aliphatic rings. The van der Waals surface area contributed by atoms with E-state index in [0.29, 0.717) is 11.5 Å². The van der Waals surface area contributed by atoms with E-state index in [2.05, 4.69) is 10.4 Å². The summed E-state index contributed by atoms with van der Waals surface area (Å²) in [5.41, 5.74) is 3.37. The summed E-state index contributed by atoms with van der Waals surface area (Å²) >= 11 is 0. The Labute approximate surface area is 169 Å². The molecule has 1 heterocycles. The Morgan fingerprint density at radius 1 is 1.14 bits per heavy atom. The molecule has 0 radical (unpaired) electrons. The molecule has 0 bridgehead atoms. The highest BCUT2D eigenvalue weighted by Gasteiger charge is 2.17. The van der Waals surface area contributed by atoms with Gasteiger partial charge in [0, 0.05) is 11.3 Å². The third kappa shape index (κ3) is 4.56. The van der Waals surface area contributed by atoms with Gasteiger partial charge in [0.15, 0.2) is 11.5 Å². The van der Waals surface area contributed by atoms with Crippen molar-refractivity contribution >= 4 is 5.91 Å². The summed E-state index contributed by atoms with van der Waals surface area (Å²) in [5, 5.41) is 7.38. The van der Waals surface area contributed by atoms with Crippen molar-refractivity contribution in [1.82, 2.24) is 15.1 Å². The smallest absolute Gasteiger partial charge is 0.224 e. The first-order valence-electron chi connectivity index (χ1n) is 9.23. The molecule has 152 valence electrons. The van der Waals surface area contributed by atoms with E-state index < -0.39 is 0 Å². The van der Waals surface area contributed by atoms with Crippen LogP contribution in [0.4, 0.5) is 4.39 Å². The van der Waals surface area contributed by atoms with Gasteiger partial charge in [-0.15, -0.1) is 0 Å².